The van der Waals surface area contributed by atoms with Gasteiger partial charge in [0.25, 0.3) is 0 Å². The van der Waals surface area contributed by atoms with Gasteiger partial charge in [-0.2, -0.15) is 0 Å². The standard InChI is InChI=1S/C23H26N4O2S/c1-16-7-9-18(10-8-16)24-21(28)15-27-13-11-17(12-14-27)22-25-26-23(30-22)19-5-3-4-6-20(19)29-2/h3-10,17H,11-15H2,1-2H3,(H,24,28). The summed E-state index contributed by atoms with van der Waals surface area (Å²) < 4.78 is 5.45. The number of para-hydroxylation sites is 1. The molecule has 1 aromatic heterocycles. The molecule has 156 valence electrons. The van der Waals surface area contributed by atoms with E-state index < -0.39 is 0 Å². The van der Waals surface area contributed by atoms with E-state index in [1.54, 1.807) is 18.4 Å². The number of nitrogens with zero attached hydrogens (tertiary/aromatic N) is 3. The molecule has 0 aliphatic carbocycles. The fourth-order valence-electron chi connectivity index (χ4n) is 3.71. The smallest absolute Gasteiger partial charge is 0.238 e. The molecule has 30 heavy (non-hydrogen) atoms. The van der Waals surface area contributed by atoms with Crippen molar-refractivity contribution in [2.24, 2.45) is 0 Å². The number of anilines is 1. The van der Waals surface area contributed by atoms with E-state index in [2.05, 4.69) is 20.4 Å². The minimum absolute atomic E-state index is 0.0340. The molecule has 2 aromatic carbocycles. The quantitative estimate of drug-likeness (QED) is 0.640. The van der Waals surface area contributed by atoms with Crippen LogP contribution in [-0.4, -0.2) is 47.7 Å². The maximum atomic E-state index is 12.4. The van der Waals surface area contributed by atoms with Gasteiger partial charge < -0.3 is 10.1 Å². The molecule has 0 spiro atoms. The van der Waals surface area contributed by atoms with Crippen LogP contribution in [0.5, 0.6) is 5.75 Å². The van der Waals surface area contributed by atoms with E-state index in [1.807, 2.05) is 55.5 Å². The van der Waals surface area contributed by atoms with Gasteiger partial charge in [0.05, 0.1) is 19.2 Å². The average Bonchev–Trinajstić information content (AvgIpc) is 3.26. The van der Waals surface area contributed by atoms with Crippen LogP contribution in [0.25, 0.3) is 10.6 Å². The SMILES string of the molecule is COc1ccccc1-c1nnc(C2CCN(CC(=O)Nc3ccc(C)cc3)CC2)s1. The topological polar surface area (TPSA) is 67.4 Å². The summed E-state index contributed by atoms with van der Waals surface area (Å²) in [4.78, 5) is 14.6. The van der Waals surface area contributed by atoms with Gasteiger partial charge in [-0.3, -0.25) is 9.69 Å². The summed E-state index contributed by atoms with van der Waals surface area (Å²) in [7, 11) is 1.67. The Balaban J connectivity index is 1.31. The van der Waals surface area contributed by atoms with Crippen molar-refractivity contribution in [1.82, 2.24) is 15.1 Å². The number of aryl methyl sites for hydroxylation is 1. The number of ether oxygens (including phenoxy) is 1. The highest BCUT2D eigenvalue weighted by Crippen LogP contribution is 2.36. The highest BCUT2D eigenvalue weighted by Gasteiger charge is 2.25. The van der Waals surface area contributed by atoms with Crippen molar-refractivity contribution in [2.45, 2.75) is 25.7 Å². The average molecular weight is 423 g/mol. The summed E-state index contributed by atoms with van der Waals surface area (Å²) >= 11 is 1.64. The van der Waals surface area contributed by atoms with Gasteiger partial charge in [0.2, 0.25) is 5.91 Å². The fraction of sp³-hybridized carbons (Fsp3) is 0.348. The van der Waals surface area contributed by atoms with Crippen molar-refractivity contribution in [2.75, 3.05) is 32.1 Å². The number of piperidine rings is 1. The summed E-state index contributed by atoms with van der Waals surface area (Å²) in [5.41, 5.74) is 3.01. The van der Waals surface area contributed by atoms with Gasteiger partial charge in [-0.25, -0.2) is 0 Å². The lowest BCUT2D eigenvalue weighted by Crippen LogP contribution is -2.38. The van der Waals surface area contributed by atoms with Crippen molar-refractivity contribution >= 4 is 22.9 Å². The number of hydrogen-bond donors (Lipinski definition) is 1. The van der Waals surface area contributed by atoms with Gasteiger partial charge in [0.1, 0.15) is 10.8 Å². The Morgan fingerprint density at radius 1 is 1.13 bits per heavy atom. The molecule has 1 aliphatic heterocycles. The van der Waals surface area contributed by atoms with Crippen LogP contribution in [0.15, 0.2) is 48.5 Å². The molecule has 0 atom stereocenters. The summed E-state index contributed by atoms with van der Waals surface area (Å²) in [6, 6.07) is 15.8. The second-order valence-electron chi connectivity index (χ2n) is 7.61. The Labute approximate surface area is 180 Å². The first-order valence-electron chi connectivity index (χ1n) is 10.2. The second-order valence-corrected chi connectivity index (χ2v) is 8.62. The minimum atomic E-state index is 0.0340. The lowest BCUT2D eigenvalue weighted by atomic mass is 9.98. The van der Waals surface area contributed by atoms with E-state index in [0.717, 1.165) is 52.9 Å². The Bertz CT molecular complexity index is 994. The number of aromatic nitrogens is 2. The van der Waals surface area contributed by atoms with Gasteiger partial charge in [-0.1, -0.05) is 41.2 Å². The van der Waals surface area contributed by atoms with Crippen LogP contribution in [0, 0.1) is 6.92 Å². The zero-order chi connectivity index (χ0) is 20.9. The van der Waals surface area contributed by atoms with Crippen molar-refractivity contribution in [3.05, 3.63) is 59.1 Å². The predicted molar refractivity (Wildman–Crippen MR) is 120 cm³/mol. The molecule has 6 nitrogen and oxygen atoms in total. The maximum absolute atomic E-state index is 12.4. The molecule has 3 aromatic rings. The molecule has 1 aliphatic rings. The Kier molecular flexibility index (Phi) is 6.40. The normalized spacial score (nSPS) is 15.1. The van der Waals surface area contributed by atoms with E-state index in [-0.39, 0.29) is 5.91 Å². The number of nitrogens with one attached hydrogen (secondary N) is 1. The Hall–Kier alpha value is -2.77. The van der Waals surface area contributed by atoms with Crippen molar-refractivity contribution in [1.29, 1.82) is 0 Å². The van der Waals surface area contributed by atoms with Gasteiger partial charge in [0, 0.05) is 11.6 Å². The largest absolute Gasteiger partial charge is 0.496 e. The molecule has 1 amide bonds. The third-order valence-corrected chi connectivity index (χ3v) is 6.54. The molecule has 2 heterocycles. The monoisotopic (exact) mass is 422 g/mol. The first-order chi connectivity index (χ1) is 14.6. The van der Waals surface area contributed by atoms with E-state index in [0.29, 0.717) is 12.5 Å². The number of carbonyl (C=O) groups is 1. The lowest BCUT2D eigenvalue weighted by Gasteiger charge is -2.30. The van der Waals surface area contributed by atoms with Crippen LogP contribution in [0.2, 0.25) is 0 Å². The molecule has 0 unspecified atom stereocenters. The third-order valence-electron chi connectivity index (χ3n) is 5.42. The Morgan fingerprint density at radius 3 is 2.60 bits per heavy atom. The van der Waals surface area contributed by atoms with Gasteiger partial charge >= 0.3 is 0 Å². The highest BCUT2D eigenvalue weighted by atomic mass is 32.1. The van der Waals surface area contributed by atoms with Crippen LogP contribution >= 0.6 is 11.3 Å². The van der Waals surface area contributed by atoms with Crippen molar-refractivity contribution in [3.8, 4) is 16.3 Å². The number of likely N-dealkylation sites (tertiary alicyclic amines) is 1. The van der Waals surface area contributed by atoms with Crippen LogP contribution < -0.4 is 10.1 Å². The lowest BCUT2D eigenvalue weighted by molar-refractivity contribution is -0.117. The predicted octanol–water partition coefficient (Wildman–Crippen LogP) is 4.34. The first kappa shape index (κ1) is 20.5. The number of hydrogen-bond acceptors (Lipinski definition) is 6. The molecule has 0 radical (unpaired) electrons. The molecular weight excluding hydrogens is 396 g/mol. The number of benzene rings is 2. The molecular formula is C23H26N4O2S. The van der Waals surface area contributed by atoms with Crippen LogP contribution in [0.4, 0.5) is 5.69 Å². The van der Waals surface area contributed by atoms with E-state index in [1.165, 1.54) is 5.56 Å². The molecule has 1 N–H and O–H groups in total. The number of carbonyl (C=O) groups excluding carboxylic acids is 1. The van der Waals surface area contributed by atoms with E-state index in [9.17, 15) is 4.79 Å². The molecule has 4 rings (SSSR count). The highest BCUT2D eigenvalue weighted by molar-refractivity contribution is 7.14. The summed E-state index contributed by atoms with van der Waals surface area (Å²) in [6.07, 6.45) is 1.97. The maximum Gasteiger partial charge on any atom is 0.238 e. The first-order valence-corrected chi connectivity index (χ1v) is 11.0. The number of amides is 1. The van der Waals surface area contributed by atoms with E-state index >= 15 is 0 Å². The number of rotatable bonds is 6. The van der Waals surface area contributed by atoms with Crippen LogP contribution in [0.3, 0.4) is 0 Å². The fourth-order valence-corrected chi connectivity index (χ4v) is 4.75. The molecule has 1 fully saturated rings. The zero-order valence-corrected chi connectivity index (χ0v) is 18.1. The zero-order valence-electron chi connectivity index (χ0n) is 17.3. The second kappa shape index (κ2) is 9.36. The minimum Gasteiger partial charge on any atom is -0.496 e. The molecule has 0 saturated carbocycles. The van der Waals surface area contributed by atoms with Gasteiger partial charge in [-0.15, -0.1) is 10.2 Å². The third kappa shape index (κ3) is 4.86. The van der Waals surface area contributed by atoms with E-state index in [4.69, 9.17) is 4.74 Å². The van der Waals surface area contributed by atoms with Crippen molar-refractivity contribution < 1.29 is 9.53 Å². The van der Waals surface area contributed by atoms with Gasteiger partial charge in [-0.05, 0) is 57.1 Å². The Morgan fingerprint density at radius 2 is 1.87 bits per heavy atom. The van der Waals surface area contributed by atoms with Crippen molar-refractivity contribution in [3.63, 3.8) is 0 Å². The van der Waals surface area contributed by atoms with Crippen LogP contribution in [-0.2, 0) is 4.79 Å². The van der Waals surface area contributed by atoms with Gasteiger partial charge in [0.15, 0.2) is 5.01 Å². The molecule has 1 saturated heterocycles. The number of methoxy groups -OCH3 is 1. The summed E-state index contributed by atoms with van der Waals surface area (Å²) in [6.45, 7) is 4.22. The molecule has 0 bridgehead atoms. The molecule has 7 heteroatoms. The summed E-state index contributed by atoms with van der Waals surface area (Å²) in [5.74, 6) is 1.24. The van der Waals surface area contributed by atoms with Crippen LogP contribution in [0.1, 0.15) is 29.3 Å². The summed E-state index contributed by atoms with van der Waals surface area (Å²) in [5, 5.41) is 13.8.